The summed E-state index contributed by atoms with van der Waals surface area (Å²) in [6, 6.07) is 6.28. The second-order valence-corrected chi connectivity index (χ2v) is 4.34. The Bertz CT molecular complexity index is 402. The molecule has 1 aromatic rings. The van der Waals surface area contributed by atoms with Gasteiger partial charge in [-0.1, -0.05) is 12.1 Å². The summed E-state index contributed by atoms with van der Waals surface area (Å²) in [6.07, 6.45) is 0. The van der Waals surface area contributed by atoms with Gasteiger partial charge in [0.25, 0.3) is 0 Å². The number of nitrogens with one attached hydrogen (secondary N) is 1. The highest BCUT2D eigenvalue weighted by atomic mass is 16.5. The fourth-order valence-electron chi connectivity index (χ4n) is 1.66. The van der Waals surface area contributed by atoms with E-state index in [9.17, 15) is 9.90 Å². The average Bonchev–Trinajstić information content (AvgIpc) is 2.46. The van der Waals surface area contributed by atoms with Gasteiger partial charge in [-0.15, -0.1) is 0 Å². The van der Waals surface area contributed by atoms with Crippen LogP contribution < -0.4 is 14.7 Å². The van der Waals surface area contributed by atoms with E-state index in [1.807, 2.05) is 0 Å². The van der Waals surface area contributed by atoms with Crippen LogP contribution >= 0.6 is 0 Å². The van der Waals surface area contributed by atoms with Gasteiger partial charge in [0.05, 0.1) is 19.2 Å². The third-order valence-corrected chi connectivity index (χ3v) is 2.83. The summed E-state index contributed by atoms with van der Waals surface area (Å²) in [5.41, 5.74) is 0.109. The number of hydrogen-bond donors (Lipinski definition) is 1. The van der Waals surface area contributed by atoms with E-state index in [4.69, 9.17) is 14.2 Å². The van der Waals surface area contributed by atoms with E-state index in [1.165, 1.54) is 12.1 Å². The number of hydrogen-bond acceptors (Lipinski definition) is 5. The fourth-order valence-corrected chi connectivity index (χ4v) is 1.66. The predicted octanol–water partition coefficient (Wildman–Crippen LogP) is -1.44. The third-order valence-electron chi connectivity index (χ3n) is 2.83. The molecular weight excluding hydrogens is 262 g/mol. The molecule has 0 spiro atoms. The van der Waals surface area contributed by atoms with E-state index in [2.05, 4.69) is 0 Å². The third kappa shape index (κ3) is 6.01. The van der Waals surface area contributed by atoms with Gasteiger partial charge in [-0.3, -0.25) is 4.90 Å². The number of ether oxygens (including phenoxy) is 3. The van der Waals surface area contributed by atoms with E-state index in [0.717, 1.165) is 18.0 Å². The second kappa shape index (κ2) is 9.30. The molecule has 1 aromatic carbocycles. The average molecular weight is 283 g/mol. The molecule has 112 valence electrons. The molecule has 0 saturated carbocycles. The molecule has 20 heavy (non-hydrogen) atoms. The van der Waals surface area contributed by atoms with Gasteiger partial charge in [0, 0.05) is 19.8 Å². The summed E-state index contributed by atoms with van der Waals surface area (Å²) in [7, 11) is 3.30. The summed E-state index contributed by atoms with van der Waals surface area (Å²) in [5, 5.41) is 10.8. The van der Waals surface area contributed by atoms with Gasteiger partial charge < -0.3 is 24.1 Å². The minimum atomic E-state index is -1.21. The number of methoxy groups -OCH3 is 2. The molecule has 1 N–H and O–H groups in total. The summed E-state index contributed by atoms with van der Waals surface area (Å²) < 4.78 is 15.7. The first-order chi connectivity index (χ1) is 9.67. The first-order valence-corrected chi connectivity index (χ1v) is 6.43. The zero-order valence-electron chi connectivity index (χ0n) is 11.9. The number of carboxylic acids is 1. The Morgan fingerprint density at radius 3 is 2.40 bits per heavy atom. The van der Waals surface area contributed by atoms with Crippen molar-refractivity contribution in [2.24, 2.45) is 0 Å². The van der Waals surface area contributed by atoms with Gasteiger partial charge in [0.15, 0.2) is 0 Å². The topological polar surface area (TPSA) is 72.3 Å². The molecule has 0 fully saturated rings. The monoisotopic (exact) mass is 283 g/mol. The lowest BCUT2D eigenvalue weighted by molar-refractivity contribution is -0.916. The van der Waals surface area contributed by atoms with Crippen molar-refractivity contribution in [3.8, 4) is 5.75 Å². The molecule has 1 rings (SSSR count). The molecule has 0 heterocycles. The van der Waals surface area contributed by atoms with Crippen molar-refractivity contribution in [1.82, 2.24) is 0 Å². The summed E-state index contributed by atoms with van der Waals surface area (Å²) in [5.74, 6) is -0.697. The molecule has 0 aliphatic carbocycles. The van der Waals surface area contributed by atoms with Crippen molar-refractivity contribution in [1.29, 1.82) is 0 Å². The fraction of sp³-hybridized carbons (Fsp3) is 0.500. The Hall–Kier alpha value is -1.63. The number of carbonyl (C=O) groups excluding carboxylic acids is 1. The van der Waals surface area contributed by atoms with Crippen LogP contribution in [-0.2, 0) is 9.47 Å². The molecule has 0 aliphatic heterocycles. The number of carboxylic acid groups (broad SMARTS) is 1. The lowest BCUT2D eigenvalue weighted by Gasteiger charge is -2.19. The molecule has 0 amide bonds. The highest BCUT2D eigenvalue weighted by molar-refractivity contribution is 5.86. The van der Waals surface area contributed by atoms with E-state index in [-0.39, 0.29) is 5.56 Å². The van der Waals surface area contributed by atoms with E-state index in [0.29, 0.717) is 25.7 Å². The first kappa shape index (κ1) is 16.4. The van der Waals surface area contributed by atoms with E-state index < -0.39 is 5.97 Å². The lowest BCUT2D eigenvalue weighted by atomic mass is 10.2. The summed E-state index contributed by atoms with van der Waals surface area (Å²) in [4.78, 5) is 11.9. The molecule has 6 nitrogen and oxygen atoms in total. The van der Waals surface area contributed by atoms with Gasteiger partial charge in [0.1, 0.15) is 18.8 Å². The molecule has 0 aliphatic rings. The van der Waals surface area contributed by atoms with Crippen molar-refractivity contribution < 1.29 is 29.0 Å². The highest BCUT2D eigenvalue weighted by Crippen LogP contribution is 2.11. The van der Waals surface area contributed by atoms with Crippen LogP contribution in [0.4, 0.5) is 0 Å². The Kier molecular flexibility index (Phi) is 7.64. The Labute approximate surface area is 118 Å². The number of benzene rings is 1. The smallest absolute Gasteiger partial charge is 0.222 e. The molecule has 0 unspecified atom stereocenters. The first-order valence-electron chi connectivity index (χ1n) is 6.43. The number of aromatic carboxylic acids is 1. The summed E-state index contributed by atoms with van der Waals surface area (Å²) in [6.45, 7) is 3.26. The van der Waals surface area contributed by atoms with Gasteiger partial charge >= 0.3 is 0 Å². The van der Waals surface area contributed by atoms with Crippen LogP contribution in [-0.4, -0.2) is 53.2 Å². The van der Waals surface area contributed by atoms with Crippen LogP contribution in [0.25, 0.3) is 0 Å². The van der Waals surface area contributed by atoms with Crippen LogP contribution in [0.1, 0.15) is 10.4 Å². The number of quaternary nitrogens is 1. The molecule has 6 heteroatoms. The minimum Gasteiger partial charge on any atom is -0.545 e. The molecule has 0 atom stereocenters. The quantitative estimate of drug-likeness (QED) is 0.533. The number of rotatable bonds is 10. The Morgan fingerprint density at radius 1 is 1.20 bits per heavy atom. The Morgan fingerprint density at radius 2 is 1.85 bits per heavy atom. The maximum absolute atomic E-state index is 10.8. The number of carbonyl (C=O) groups is 1. The maximum Gasteiger partial charge on any atom is 0.222 e. The normalized spacial score (nSPS) is 10.8. The van der Waals surface area contributed by atoms with Gasteiger partial charge in [-0.25, -0.2) is 0 Å². The van der Waals surface area contributed by atoms with Crippen LogP contribution in [0.2, 0.25) is 0 Å². The van der Waals surface area contributed by atoms with Crippen molar-refractivity contribution in [2.75, 3.05) is 47.3 Å². The maximum atomic E-state index is 10.8. The van der Waals surface area contributed by atoms with Crippen molar-refractivity contribution in [3.63, 3.8) is 0 Å². The van der Waals surface area contributed by atoms with Gasteiger partial charge in [0.2, 0.25) is 6.73 Å². The van der Waals surface area contributed by atoms with Crippen molar-refractivity contribution in [2.45, 2.75) is 0 Å². The molecule has 0 bridgehead atoms. The molecule has 0 radical (unpaired) electrons. The van der Waals surface area contributed by atoms with Crippen LogP contribution in [0.15, 0.2) is 24.3 Å². The molecular formula is C14H21NO5. The standard InChI is InChI=1S/C14H21NO5/c1-18-8-6-15(7-9-19-2)11-20-13-5-3-4-12(10-13)14(16)17/h3-5,10H,6-9,11H2,1-2H3,(H,16,17). The lowest BCUT2D eigenvalue weighted by Crippen LogP contribution is -3.13. The zero-order valence-corrected chi connectivity index (χ0v) is 11.9. The predicted molar refractivity (Wildman–Crippen MR) is 70.7 cm³/mol. The second-order valence-electron chi connectivity index (χ2n) is 4.34. The highest BCUT2D eigenvalue weighted by Gasteiger charge is 2.09. The summed E-state index contributed by atoms with van der Waals surface area (Å²) >= 11 is 0. The van der Waals surface area contributed by atoms with Gasteiger partial charge in [-0.2, -0.15) is 0 Å². The molecule has 0 aromatic heterocycles. The molecule has 0 saturated heterocycles. The van der Waals surface area contributed by atoms with Crippen LogP contribution in [0.3, 0.4) is 0 Å². The Balaban J connectivity index is 2.52. The van der Waals surface area contributed by atoms with Crippen molar-refractivity contribution >= 4 is 5.97 Å². The van der Waals surface area contributed by atoms with E-state index in [1.54, 1.807) is 26.4 Å². The SMILES string of the molecule is COCC[NH+](CCOC)COc1cccc(C(=O)[O-])c1. The van der Waals surface area contributed by atoms with Crippen molar-refractivity contribution in [3.05, 3.63) is 29.8 Å². The van der Waals surface area contributed by atoms with Crippen LogP contribution in [0.5, 0.6) is 5.75 Å². The largest absolute Gasteiger partial charge is 0.545 e. The van der Waals surface area contributed by atoms with Crippen LogP contribution in [0, 0.1) is 0 Å². The van der Waals surface area contributed by atoms with E-state index >= 15 is 0 Å². The zero-order chi connectivity index (χ0) is 14.8. The van der Waals surface area contributed by atoms with Gasteiger partial charge in [-0.05, 0) is 12.1 Å². The minimum absolute atomic E-state index is 0.109.